The monoisotopic (exact) mass is 211 g/mol. The lowest BCUT2D eigenvalue weighted by atomic mass is 9.93. The minimum Gasteiger partial charge on any atom is -0.327 e. The summed E-state index contributed by atoms with van der Waals surface area (Å²) in [7, 11) is 0. The molecule has 0 amide bonds. The van der Waals surface area contributed by atoms with Gasteiger partial charge >= 0.3 is 0 Å². The maximum absolute atomic E-state index is 12.9. The average Bonchev–Trinajstić information content (AvgIpc) is 2.92. The molecular weight excluding hydrogens is 196 g/mol. The molecule has 0 aromatic heterocycles. The van der Waals surface area contributed by atoms with Gasteiger partial charge in [0, 0.05) is 6.04 Å². The fourth-order valence-electron chi connectivity index (χ4n) is 1.73. The van der Waals surface area contributed by atoms with E-state index in [0.29, 0.717) is 6.42 Å². The van der Waals surface area contributed by atoms with Crippen LogP contribution in [0.1, 0.15) is 25.3 Å². The van der Waals surface area contributed by atoms with Crippen LogP contribution in [0.4, 0.5) is 8.78 Å². The molecule has 0 radical (unpaired) electrons. The summed E-state index contributed by atoms with van der Waals surface area (Å²) in [5.74, 6) is -1.59. The largest absolute Gasteiger partial charge is 0.327 e. The van der Waals surface area contributed by atoms with Crippen molar-refractivity contribution in [1.29, 1.82) is 0 Å². The third kappa shape index (κ3) is 2.17. The Balaban J connectivity index is 2.07. The summed E-state index contributed by atoms with van der Waals surface area (Å²) in [4.78, 5) is 0. The molecule has 0 aliphatic heterocycles. The number of halogens is 2. The highest BCUT2D eigenvalue weighted by atomic mass is 19.2. The summed E-state index contributed by atoms with van der Waals surface area (Å²) < 4.78 is 25.6. The van der Waals surface area contributed by atoms with Crippen molar-refractivity contribution in [2.75, 3.05) is 0 Å². The van der Waals surface area contributed by atoms with Crippen molar-refractivity contribution in [3.8, 4) is 0 Å². The van der Waals surface area contributed by atoms with Crippen LogP contribution in [0.3, 0.4) is 0 Å². The van der Waals surface area contributed by atoms with Gasteiger partial charge in [-0.2, -0.15) is 0 Å². The smallest absolute Gasteiger partial charge is 0.159 e. The summed E-state index contributed by atoms with van der Waals surface area (Å²) in [6.07, 6.45) is 2.89. The van der Waals surface area contributed by atoms with Crippen LogP contribution in [0.15, 0.2) is 18.2 Å². The second-order valence-corrected chi connectivity index (χ2v) is 4.71. The highest BCUT2D eigenvalue weighted by Gasteiger charge is 2.42. The second kappa shape index (κ2) is 3.56. The molecular formula is C12H15F2N. The summed E-state index contributed by atoms with van der Waals surface area (Å²) in [6.45, 7) is 2.14. The number of hydrogen-bond acceptors (Lipinski definition) is 1. The molecule has 3 heteroatoms. The Labute approximate surface area is 88.3 Å². The highest BCUT2D eigenvalue weighted by molar-refractivity contribution is 5.20. The zero-order valence-corrected chi connectivity index (χ0v) is 8.76. The van der Waals surface area contributed by atoms with Gasteiger partial charge in [0.25, 0.3) is 0 Å². The predicted molar refractivity (Wildman–Crippen MR) is 55.4 cm³/mol. The van der Waals surface area contributed by atoms with E-state index in [2.05, 4.69) is 6.92 Å². The Kier molecular flexibility index (Phi) is 2.51. The number of hydrogen-bond donors (Lipinski definition) is 1. The van der Waals surface area contributed by atoms with Crippen LogP contribution in [0.5, 0.6) is 0 Å². The number of benzene rings is 1. The van der Waals surface area contributed by atoms with Crippen LogP contribution in [-0.2, 0) is 6.42 Å². The first-order chi connectivity index (χ1) is 7.01. The van der Waals surface area contributed by atoms with Gasteiger partial charge in [0.15, 0.2) is 11.6 Å². The molecule has 1 saturated carbocycles. The van der Waals surface area contributed by atoms with Crippen molar-refractivity contribution in [2.45, 2.75) is 32.2 Å². The first-order valence-corrected chi connectivity index (χ1v) is 5.21. The summed E-state index contributed by atoms with van der Waals surface area (Å²) in [5, 5.41) is 0. The van der Waals surface area contributed by atoms with E-state index in [0.717, 1.165) is 24.5 Å². The molecule has 82 valence electrons. The van der Waals surface area contributed by atoms with Gasteiger partial charge in [0.2, 0.25) is 0 Å². The van der Waals surface area contributed by atoms with Crippen LogP contribution in [0.2, 0.25) is 0 Å². The molecule has 1 nitrogen and oxygen atoms in total. The van der Waals surface area contributed by atoms with Gasteiger partial charge in [0.1, 0.15) is 0 Å². The van der Waals surface area contributed by atoms with E-state index in [1.165, 1.54) is 6.07 Å². The van der Waals surface area contributed by atoms with Crippen LogP contribution < -0.4 is 5.73 Å². The molecule has 1 unspecified atom stereocenters. The van der Waals surface area contributed by atoms with Gasteiger partial charge in [-0.05, 0) is 42.4 Å². The lowest BCUT2D eigenvalue weighted by Crippen LogP contribution is -2.31. The lowest BCUT2D eigenvalue weighted by molar-refractivity contribution is 0.431. The standard InChI is InChI=1S/C12H15F2N/c1-12(4-5-12)11(15)7-8-2-3-9(13)10(14)6-8/h2-3,6,11H,4-5,7,15H2,1H3. The van der Waals surface area contributed by atoms with Gasteiger partial charge in [-0.3, -0.25) is 0 Å². The quantitative estimate of drug-likeness (QED) is 0.817. The third-order valence-corrected chi connectivity index (χ3v) is 3.37. The minimum atomic E-state index is -0.801. The van der Waals surface area contributed by atoms with Crippen LogP contribution >= 0.6 is 0 Å². The summed E-state index contributed by atoms with van der Waals surface area (Å²) >= 11 is 0. The second-order valence-electron chi connectivity index (χ2n) is 4.71. The Bertz CT molecular complexity index is 372. The topological polar surface area (TPSA) is 26.0 Å². The Morgan fingerprint density at radius 2 is 2.00 bits per heavy atom. The maximum atomic E-state index is 12.9. The molecule has 0 bridgehead atoms. The molecule has 0 spiro atoms. The van der Waals surface area contributed by atoms with E-state index < -0.39 is 11.6 Å². The van der Waals surface area contributed by atoms with Gasteiger partial charge in [-0.1, -0.05) is 13.0 Å². The molecule has 15 heavy (non-hydrogen) atoms. The minimum absolute atomic E-state index is 0.0439. The van der Waals surface area contributed by atoms with E-state index in [9.17, 15) is 8.78 Å². The van der Waals surface area contributed by atoms with E-state index in [1.807, 2.05) is 0 Å². The molecule has 1 aromatic carbocycles. The van der Waals surface area contributed by atoms with Crippen molar-refractivity contribution in [3.05, 3.63) is 35.4 Å². The van der Waals surface area contributed by atoms with E-state index in [4.69, 9.17) is 5.73 Å². The molecule has 2 N–H and O–H groups in total. The third-order valence-electron chi connectivity index (χ3n) is 3.37. The van der Waals surface area contributed by atoms with Gasteiger partial charge in [0.05, 0.1) is 0 Å². The van der Waals surface area contributed by atoms with Gasteiger partial charge < -0.3 is 5.73 Å². The van der Waals surface area contributed by atoms with Crippen LogP contribution in [-0.4, -0.2) is 6.04 Å². The molecule has 1 atom stereocenters. The molecule has 1 aliphatic carbocycles. The van der Waals surface area contributed by atoms with Crippen molar-refractivity contribution in [1.82, 2.24) is 0 Å². The molecule has 0 saturated heterocycles. The van der Waals surface area contributed by atoms with Crippen molar-refractivity contribution in [3.63, 3.8) is 0 Å². The first-order valence-electron chi connectivity index (χ1n) is 5.21. The van der Waals surface area contributed by atoms with Crippen LogP contribution in [0.25, 0.3) is 0 Å². The van der Waals surface area contributed by atoms with Crippen molar-refractivity contribution >= 4 is 0 Å². The van der Waals surface area contributed by atoms with E-state index >= 15 is 0 Å². The highest BCUT2D eigenvalue weighted by Crippen LogP contribution is 2.48. The fraction of sp³-hybridized carbons (Fsp3) is 0.500. The summed E-state index contributed by atoms with van der Waals surface area (Å²) in [6, 6.07) is 4.04. The summed E-state index contributed by atoms with van der Waals surface area (Å²) in [5.41, 5.74) is 7.00. The van der Waals surface area contributed by atoms with E-state index in [-0.39, 0.29) is 11.5 Å². The molecule has 1 aromatic rings. The zero-order valence-electron chi connectivity index (χ0n) is 8.76. The molecule has 0 heterocycles. The zero-order chi connectivity index (χ0) is 11.1. The maximum Gasteiger partial charge on any atom is 0.159 e. The van der Waals surface area contributed by atoms with Gasteiger partial charge in [-0.25, -0.2) is 8.78 Å². The van der Waals surface area contributed by atoms with Gasteiger partial charge in [-0.15, -0.1) is 0 Å². The van der Waals surface area contributed by atoms with E-state index in [1.54, 1.807) is 6.07 Å². The Morgan fingerprint density at radius 1 is 1.33 bits per heavy atom. The lowest BCUT2D eigenvalue weighted by Gasteiger charge is -2.18. The SMILES string of the molecule is CC1(C(N)Cc2ccc(F)c(F)c2)CC1. The normalized spacial score (nSPS) is 20.0. The molecule has 2 rings (SSSR count). The van der Waals surface area contributed by atoms with Crippen molar-refractivity contribution < 1.29 is 8.78 Å². The average molecular weight is 211 g/mol. The molecule has 1 fully saturated rings. The number of rotatable bonds is 3. The van der Waals surface area contributed by atoms with Crippen molar-refractivity contribution in [2.24, 2.45) is 11.1 Å². The Hall–Kier alpha value is -0.960. The Morgan fingerprint density at radius 3 is 2.53 bits per heavy atom. The molecule has 1 aliphatic rings. The fourth-order valence-corrected chi connectivity index (χ4v) is 1.73. The number of nitrogens with two attached hydrogens (primary N) is 1. The first kappa shape index (κ1) is 10.6. The predicted octanol–water partition coefficient (Wildman–Crippen LogP) is 2.63. The van der Waals surface area contributed by atoms with Crippen LogP contribution in [0, 0.1) is 17.0 Å².